The Hall–Kier alpha value is -2.58. The number of benzene rings is 1. The minimum absolute atomic E-state index is 0.0613. The summed E-state index contributed by atoms with van der Waals surface area (Å²) in [6, 6.07) is 5.92. The molecule has 8 nitrogen and oxygen atoms in total. The van der Waals surface area contributed by atoms with Crippen LogP contribution in [0.2, 0.25) is 10.0 Å². The molecule has 1 aromatic carbocycles. The molecule has 0 radical (unpaired) electrons. The lowest BCUT2D eigenvalue weighted by molar-refractivity contribution is -0.384. The number of halogens is 2. The van der Waals surface area contributed by atoms with E-state index in [4.69, 9.17) is 23.2 Å². The highest BCUT2D eigenvalue weighted by Crippen LogP contribution is 2.27. The lowest BCUT2D eigenvalue weighted by Gasteiger charge is -2.02. The zero-order chi connectivity index (χ0) is 15.7. The zero-order valence-electron chi connectivity index (χ0n) is 10.7. The van der Waals surface area contributed by atoms with Crippen LogP contribution >= 0.6 is 23.2 Å². The van der Waals surface area contributed by atoms with Crippen LogP contribution in [-0.4, -0.2) is 30.1 Å². The quantitative estimate of drug-likeness (QED) is 0.538. The van der Waals surface area contributed by atoms with Crippen molar-refractivity contribution in [3.05, 3.63) is 56.8 Å². The summed E-state index contributed by atoms with van der Waals surface area (Å²) in [6.07, 6.45) is 2.80. The molecule has 0 spiro atoms. The van der Waals surface area contributed by atoms with Crippen LogP contribution < -0.4 is 0 Å². The smallest absolute Gasteiger partial charge is 0.261 e. The summed E-state index contributed by atoms with van der Waals surface area (Å²) in [5.41, 5.74) is 0.734. The molecule has 2 heterocycles. The van der Waals surface area contributed by atoms with Gasteiger partial charge in [0.15, 0.2) is 0 Å². The molecule has 3 rings (SSSR count). The fraction of sp³-hybridized carbons (Fsp3) is 0. The van der Waals surface area contributed by atoms with Crippen LogP contribution in [0.4, 0.5) is 5.69 Å². The van der Waals surface area contributed by atoms with E-state index in [1.165, 1.54) is 24.5 Å². The van der Waals surface area contributed by atoms with E-state index in [1.54, 1.807) is 12.1 Å². The van der Waals surface area contributed by atoms with Crippen molar-refractivity contribution < 1.29 is 4.92 Å². The highest BCUT2D eigenvalue weighted by atomic mass is 35.5. The van der Waals surface area contributed by atoms with Gasteiger partial charge in [-0.2, -0.15) is 0 Å². The third-order valence-corrected chi connectivity index (χ3v) is 3.31. The van der Waals surface area contributed by atoms with Crippen molar-refractivity contribution in [2.75, 3.05) is 0 Å². The zero-order valence-corrected chi connectivity index (χ0v) is 12.2. The van der Waals surface area contributed by atoms with Crippen LogP contribution in [0.1, 0.15) is 0 Å². The SMILES string of the molecule is O=[N+]([O-])c1cccc(-c2nnn(-c3c(Cl)cncc3Cl)n2)c1. The van der Waals surface area contributed by atoms with Crippen molar-refractivity contribution in [2.24, 2.45) is 0 Å². The summed E-state index contributed by atoms with van der Waals surface area (Å²) in [5.74, 6) is 0.215. The lowest BCUT2D eigenvalue weighted by Crippen LogP contribution is -2.01. The average molecular weight is 337 g/mol. The first kappa shape index (κ1) is 14.4. The Morgan fingerprint density at radius 2 is 1.91 bits per heavy atom. The first-order valence-electron chi connectivity index (χ1n) is 5.90. The number of pyridine rings is 1. The van der Waals surface area contributed by atoms with E-state index in [1.807, 2.05) is 0 Å². The Kier molecular flexibility index (Phi) is 3.70. The predicted octanol–water partition coefficient (Wildman–Crippen LogP) is 2.94. The van der Waals surface area contributed by atoms with Crippen molar-refractivity contribution >= 4 is 28.9 Å². The van der Waals surface area contributed by atoms with Gasteiger partial charge in [-0.05, 0) is 5.21 Å². The maximum Gasteiger partial charge on any atom is 0.270 e. The molecule has 0 amide bonds. The van der Waals surface area contributed by atoms with E-state index in [0.29, 0.717) is 11.3 Å². The molecule has 0 aliphatic heterocycles. The van der Waals surface area contributed by atoms with Gasteiger partial charge in [-0.15, -0.1) is 15.0 Å². The molecule has 0 N–H and O–H groups in total. The molecule has 0 fully saturated rings. The maximum absolute atomic E-state index is 10.8. The van der Waals surface area contributed by atoms with Crippen LogP contribution in [0.5, 0.6) is 0 Å². The number of rotatable bonds is 3. The summed E-state index contributed by atoms with van der Waals surface area (Å²) in [7, 11) is 0. The average Bonchev–Trinajstić information content (AvgIpc) is 2.97. The topological polar surface area (TPSA) is 99.6 Å². The molecular weight excluding hydrogens is 331 g/mol. The van der Waals surface area contributed by atoms with Gasteiger partial charge in [0.25, 0.3) is 5.69 Å². The van der Waals surface area contributed by atoms with Crippen LogP contribution in [-0.2, 0) is 0 Å². The highest BCUT2D eigenvalue weighted by molar-refractivity contribution is 6.37. The van der Waals surface area contributed by atoms with E-state index >= 15 is 0 Å². The van der Waals surface area contributed by atoms with Crippen LogP contribution in [0.3, 0.4) is 0 Å². The molecule has 3 aromatic rings. The number of non-ortho nitro benzene ring substituents is 1. The van der Waals surface area contributed by atoms with Gasteiger partial charge < -0.3 is 0 Å². The fourth-order valence-corrected chi connectivity index (χ4v) is 2.29. The molecule has 0 saturated carbocycles. The number of nitro groups is 1. The summed E-state index contributed by atoms with van der Waals surface area (Å²) >= 11 is 12.0. The molecule has 22 heavy (non-hydrogen) atoms. The number of nitrogens with zero attached hydrogens (tertiary/aromatic N) is 6. The lowest BCUT2D eigenvalue weighted by atomic mass is 10.2. The number of tetrazole rings is 1. The van der Waals surface area contributed by atoms with Crippen LogP contribution in [0.25, 0.3) is 17.1 Å². The van der Waals surface area contributed by atoms with Crippen molar-refractivity contribution in [1.82, 2.24) is 25.2 Å². The van der Waals surface area contributed by atoms with Gasteiger partial charge in [0.05, 0.1) is 15.0 Å². The second-order valence-electron chi connectivity index (χ2n) is 4.16. The van der Waals surface area contributed by atoms with E-state index in [0.717, 1.165) is 4.80 Å². The van der Waals surface area contributed by atoms with E-state index < -0.39 is 4.92 Å². The number of hydrogen-bond acceptors (Lipinski definition) is 6. The van der Waals surface area contributed by atoms with E-state index in [2.05, 4.69) is 20.4 Å². The summed E-state index contributed by atoms with van der Waals surface area (Å²) in [4.78, 5) is 15.3. The summed E-state index contributed by atoms with van der Waals surface area (Å²) < 4.78 is 0. The van der Waals surface area contributed by atoms with Gasteiger partial charge in [0.1, 0.15) is 5.69 Å². The van der Waals surface area contributed by atoms with Gasteiger partial charge in [0.2, 0.25) is 5.82 Å². The van der Waals surface area contributed by atoms with Crippen molar-refractivity contribution in [3.8, 4) is 17.1 Å². The monoisotopic (exact) mass is 336 g/mol. The highest BCUT2D eigenvalue weighted by Gasteiger charge is 2.15. The molecule has 0 unspecified atom stereocenters. The second-order valence-corrected chi connectivity index (χ2v) is 4.98. The first-order chi connectivity index (χ1) is 10.6. The Morgan fingerprint density at radius 3 is 2.59 bits per heavy atom. The molecule has 2 aromatic heterocycles. The molecule has 110 valence electrons. The second kappa shape index (κ2) is 5.66. The van der Waals surface area contributed by atoms with Gasteiger partial charge >= 0.3 is 0 Å². The molecule has 0 aliphatic rings. The number of nitro benzene ring substituents is 1. The summed E-state index contributed by atoms with van der Waals surface area (Å²) in [6.45, 7) is 0. The minimum Gasteiger partial charge on any atom is -0.261 e. The first-order valence-corrected chi connectivity index (χ1v) is 6.66. The standard InChI is InChI=1S/C12H6Cl2N6O2/c13-9-5-15-6-10(14)11(9)19-17-12(16-18-19)7-2-1-3-8(4-7)20(21)22/h1-6H. The number of hydrogen-bond donors (Lipinski definition) is 0. The van der Waals surface area contributed by atoms with Crippen LogP contribution in [0.15, 0.2) is 36.7 Å². The molecular formula is C12H6Cl2N6O2. The molecule has 0 saturated heterocycles. The third-order valence-electron chi connectivity index (χ3n) is 2.76. The van der Waals surface area contributed by atoms with E-state index in [-0.39, 0.29) is 21.6 Å². The van der Waals surface area contributed by atoms with Gasteiger partial charge in [0, 0.05) is 30.1 Å². The van der Waals surface area contributed by atoms with Gasteiger partial charge in [-0.1, -0.05) is 35.3 Å². The normalized spacial score (nSPS) is 10.6. The molecule has 0 bridgehead atoms. The van der Waals surface area contributed by atoms with Crippen molar-refractivity contribution in [3.63, 3.8) is 0 Å². The largest absolute Gasteiger partial charge is 0.270 e. The Balaban J connectivity index is 2.05. The van der Waals surface area contributed by atoms with Gasteiger partial charge in [-0.3, -0.25) is 15.1 Å². The summed E-state index contributed by atoms with van der Waals surface area (Å²) in [5, 5.41) is 23.2. The molecule has 0 atom stereocenters. The Bertz CT molecular complexity index is 846. The third kappa shape index (κ3) is 2.61. The van der Waals surface area contributed by atoms with Crippen LogP contribution in [0, 0.1) is 10.1 Å². The maximum atomic E-state index is 10.8. The van der Waals surface area contributed by atoms with Crippen molar-refractivity contribution in [1.29, 1.82) is 0 Å². The predicted molar refractivity (Wildman–Crippen MR) is 79.1 cm³/mol. The van der Waals surface area contributed by atoms with E-state index in [9.17, 15) is 10.1 Å². The fourth-order valence-electron chi connectivity index (χ4n) is 1.78. The van der Waals surface area contributed by atoms with Gasteiger partial charge in [-0.25, -0.2) is 0 Å². The Labute approximate surface area is 133 Å². The molecule has 0 aliphatic carbocycles. The molecule has 10 heteroatoms. The van der Waals surface area contributed by atoms with Crippen molar-refractivity contribution in [2.45, 2.75) is 0 Å². The Morgan fingerprint density at radius 1 is 1.18 bits per heavy atom. The minimum atomic E-state index is -0.496. The number of aromatic nitrogens is 5.